The van der Waals surface area contributed by atoms with Crippen molar-refractivity contribution in [3.05, 3.63) is 12.2 Å². The molecule has 0 aliphatic heterocycles. The van der Waals surface area contributed by atoms with Gasteiger partial charge in [-0.1, -0.05) is 154 Å². The highest BCUT2D eigenvalue weighted by Gasteiger charge is 2.51. The minimum Gasteiger partial charge on any atom is -0.462 e. The zero-order valence-electron chi connectivity index (χ0n) is 35.4. The molecule has 0 heterocycles. The summed E-state index contributed by atoms with van der Waals surface area (Å²) in [7, 11) is -5.11. The number of esters is 2. The third kappa shape index (κ3) is 27.1. The average molecular weight is 837 g/mol. The van der Waals surface area contributed by atoms with Gasteiger partial charge in [0.1, 0.15) is 43.2 Å². The van der Waals surface area contributed by atoms with E-state index in [1.807, 2.05) is 0 Å². The van der Waals surface area contributed by atoms with Gasteiger partial charge < -0.3 is 39.9 Å². The predicted molar refractivity (Wildman–Crippen MR) is 221 cm³/mol. The predicted octanol–water partition coefficient (Wildman–Crippen LogP) is 8.28. The van der Waals surface area contributed by atoms with Crippen molar-refractivity contribution in [2.24, 2.45) is 0 Å². The lowest BCUT2D eigenvalue weighted by Crippen LogP contribution is -2.64. The molecule has 6 unspecified atom stereocenters. The lowest BCUT2D eigenvalue weighted by atomic mass is 9.85. The number of phosphoric ester groups is 1. The first-order valence-corrected chi connectivity index (χ1v) is 24.0. The van der Waals surface area contributed by atoms with Crippen molar-refractivity contribution in [1.29, 1.82) is 0 Å². The van der Waals surface area contributed by atoms with Crippen LogP contribution < -0.4 is 0 Å². The molecule has 1 aliphatic carbocycles. The molecule has 0 aromatic rings. The number of unbranched alkanes of at least 4 members (excludes halogenated alkanes) is 23. The molecule has 0 spiro atoms. The summed E-state index contributed by atoms with van der Waals surface area (Å²) >= 11 is 0. The molecular formula is C43H81O13P. The van der Waals surface area contributed by atoms with Crippen LogP contribution in [-0.2, 0) is 32.7 Å². The highest BCUT2D eigenvalue weighted by molar-refractivity contribution is 7.47. The van der Waals surface area contributed by atoms with Crippen LogP contribution in [-0.4, -0.2) is 98.3 Å². The van der Waals surface area contributed by atoms with Gasteiger partial charge in [0.25, 0.3) is 0 Å². The summed E-state index contributed by atoms with van der Waals surface area (Å²) in [6, 6.07) is 0. The largest absolute Gasteiger partial charge is 0.472 e. The van der Waals surface area contributed by atoms with Crippen LogP contribution in [0.5, 0.6) is 0 Å². The molecule has 336 valence electrons. The summed E-state index contributed by atoms with van der Waals surface area (Å²) < 4.78 is 33.4. The fraction of sp³-hybridized carbons (Fsp3) is 0.907. The third-order valence-electron chi connectivity index (χ3n) is 10.6. The number of aliphatic hydroxyl groups excluding tert-OH is 5. The van der Waals surface area contributed by atoms with Crippen LogP contribution in [0.2, 0.25) is 0 Å². The zero-order chi connectivity index (χ0) is 42.2. The number of aliphatic hydroxyl groups is 5. The van der Waals surface area contributed by atoms with E-state index in [0.29, 0.717) is 12.8 Å². The highest BCUT2D eigenvalue weighted by Crippen LogP contribution is 2.47. The van der Waals surface area contributed by atoms with E-state index in [4.69, 9.17) is 18.5 Å². The molecule has 1 aliphatic rings. The third-order valence-corrected chi connectivity index (χ3v) is 11.6. The topological polar surface area (TPSA) is 210 Å². The number of rotatable bonds is 37. The zero-order valence-corrected chi connectivity index (χ0v) is 36.3. The maximum Gasteiger partial charge on any atom is 0.472 e. The second-order valence-corrected chi connectivity index (χ2v) is 17.3. The van der Waals surface area contributed by atoms with Gasteiger partial charge in [0, 0.05) is 12.8 Å². The Morgan fingerprint density at radius 1 is 0.526 bits per heavy atom. The lowest BCUT2D eigenvalue weighted by molar-refractivity contribution is -0.220. The Hall–Kier alpha value is -1.41. The molecule has 1 saturated carbocycles. The molecule has 6 N–H and O–H groups in total. The van der Waals surface area contributed by atoms with Crippen LogP contribution in [0, 0.1) is 0 Å². The smallest absolute Gasteiger partial charge is 0.462 e. The second-order valence-electron chi connectivity index (χ2n) is 15.9. The van der Waals surface area contributed by atoms with E-state index < -0.39 is 75.7 Å². The van der Waals surface area contributed by atoms with Crippen LogP contribution in [0.25, 0.3) is 0 Å². The molecule has 0 saturated heterocycles. The molecule has 0 aromatic heterocycles. The van der Waals surface area contributed by atoms with Crippen molar-refractivity contribution >= 4 is 19.8 Å². The van der Waals surface area contributed by atoms with Crippen LogP contribution in [0.3, 0.4) is 0 Å². The normalized spacial score (nSPS) is 22.7. The quantitative estimate of drug-likeness (QED) is 0.0151. The standard InChI is InChI=1S/C43H81O13P/c1-3-5-7-9-11-13-14-15-16-17-18-19-20-21-22-24-26-28-30-32-37(45)55-35(33-53-36(44)31-29-27-25-23-12-10-8-6-4-2)34-54-57(51,52)56-43-41(49)39(47)38(46)40(48)42(43)50/h17-18,35,38-43,46-50H,3-16,19-34H2,1-2H3,(H,51,52)/b18-17-/t35-,38?,39-,40?,41?,42?,43?/m1/s1. The molecule has 0 amide bonds. The Morgan fingerprint density at radius 3 is 1.33 bits per heavy atom. The van der Waals surface area contributed by atoms with E-state index in [9.17, 15) is 44.6 Å². The van der Waals surface area contributed by atoms with E-state index in [2.05, 4.69) is 26.0 Å². The summed E-state index contributed by atoms with van der Waals surface area (Å²) in [6.07, 6.45) is 21.4. The van der Waals surface area contributed by atoms with Gasteiger partial charge in [-0.15, -0.1) is 0 Å². The Bertz CT molecular complexity index is 1060. The maximum atomic E-state index is 12.8. The summed E-state index contributed by atoms with van der Waals surface area (Å²) in [5.74, 6) is -1.10. The van der Waals surface area contributed by atoms with Crippen molar-refractivity contribution in [1.82, 2.24) is 0 Å². The monoisotopic (exact) mass is 837 g/mol. The fourth-order valence-electron chi connectivity index (χ4n) is 6.93. The number of carbonyl (C=O) groups excluding carboxylic acids is 2. The number of hydrogen-bond donors (Lipinski definition) is 6. The minimum atomic E-state index is -5.11. The van der Waals surface area contributed by atoms with Gasteiger partial charge in [-0.05, 0) is 38.5 Å². The van der Waals surface area contributed by atoms with Crippen LogP contribution in [0.1, 0.15) is 194 Å². The first kappa shape index (κ1) is 53.6. The fourth-order valence-corrected chi connectivity index (χ4v) is 7.90. The molecule has 1 rings (SSSR count). The molecule has 8 atom stereocenters. The molecule has 1 fully saturated rings. The molecule has 13 nitrogen and oxygen atoms in total. The van der Waals surface area contributed by atoms with Crippen LogP contribution >= 0.6 is 7.82 Å². The van der Waals surface area contributed by atoms with Gasteiger partial charge >= 0.3 is 19.8 Å². The molecule has 14 heteroatoms. The van der Waals surface area contributed by atoms with Crippen LogP contribution in [0.4, 0.5) is 0 Å². The molecule has 57 heavy (non-hydrogen) atoms. The Labute approximate surface area is 343 Å². The van der Waals surface area contributed by atoms with E-state index in [0.717, 1.165) is 51.4 Å². The molecular weight excluding hydrogens is 755 g/mol. The second kappa shape index (κ2) is 34.3. The SMILES string of the molecule is CCCCCCCCCC/C=C\CCCCCCCCCC(=O)O[C@H](COC(=O)CCCCCCCCCCC)COP(=O)(O)OC1C(O)C(O)C(O)[C@@H](O)C1O. The summed E-state index contributed by atoms with van der Waals surface area (Å²) in [4.78, 5) is 35.5. The number of carbonyl (C=O) groups is 2. The van der Waals surface area contributed by atoms with Gasteiger partial charge in [-0.25, -0.2) is 4.57 Å². The Morgan fingerprint density at radius 2 is 0.895 bits per heavy atom. The molecule has 0 bridgehead atoms. The Kier molecular flexibility index (Phi) is 32.3. The van der Waals surface area contributed by atoms with E-state index in [1.54, 1.807) is 0 Å². The molecule has 0 aromatic carbocycles. The van der Waals surface area contributed by atoms with Gasteiger partial charge in [0.2, 0.25) is 0 Å². The van der Waals surface area contributed by atoms with E-state index >= 15 is 0 Å². The minimum absolute atomic E-state index is 0.0956. The maximum absolute atomic E-state index is 12.8. The van der Waals surface area contributed by atoms with Crippen molar-refractivity contribution in [2.75, 3.05) is 13.2 Å². The number of ether oxygens (including phenoxy) is 2. The molecule has 0 radical (unpaired) electrons. The number of phosphoric acid groups is 1. The van der Waals surface area contributed by atoms with Crippen molar-refractivity contribution in [2.45, 2.75) is 236 Å². The van der Waals surface area contributed by atoms with Crippen LogP contribution in [0.15, 0.2) is 12.2 Å². The first-order chi connectivity index (χ1) is 27.4. The van der Waals surface area contributed by atoms with Gasteiger partial charge in [-0.2, -0.15) is 0 Å². The van der Waals surface area contributed by atoms with E-state index in [1.165, 1.54) is 103 Å². The van der Waals surface area contributed by atoms with Gasteiger partial charge in [-0.3, -0.25) is 18.6 Å². The van der Waals surface area contributed by atoms with Crippen molar-refractivity contribution in [3.63, 3.8) is 0 Å². The summed E-state index contributed by atoms with van der Waals surface area (Å²) in [6.45, 7) is 3.27. The van der Waals surface area contributed by atoms with Gasteiger partial charge in [0.15, 0.2) is 6.10 Å². The first-order valence-electron chi connectivity index (χ1n) is 22.5. The lowest BCUT2D eigenvalue weighted by Gasteiger charge is -2.41. The average Bonchev–Trinajstić information content (AvgIpc) is 3.19. The summed E-state index contributed by atoms with van der Waals surface area (Å²) in [5.41, 5.74) is 0. The van der Waals surface area contributed by atoms with Gasteiger partial charge in [0.05, 0.1) is 6.61 Å². The highest BCUT2D eigenvalue weighted by atomic mass is 31.2. The van der Waals surface area contributed by atoms with E-state index in [-0.39, 0.29) is 12.8 Å². The Balaban J connectivity index is 2.43. The number of allylic oxidation sites excluding steroid dienone is 2. The van der Waals surface area contributed by atoms with Crippen molar-refractivity contribution in [3.8, 4) is 0 Å². The number of hydrogen-bond acceptors (Lipinski definition) is 12. The summed E-state index contributed by atoms with van der Waals surface area (Å²) in [5, 5.41) is 50.0. The van der Waals surface area contributed by atoms with Crippen molar-refractivity contribution < 1.29 is 63.1 Å².